The van der Waals surface area contributed by atoms with E-state index < -0.39 is 34.4 Å². The van der Waals surface area contributed by atoms with Gasteiger partial charge in [-0.25, -0.2) is 9.59 Å². The lowest BCUT2D eigenvalue weighted by atomic mass is 9.92. The number of nitrogens with zero attached hydrogens (tertiary/aromatic N) is 2. The van der Waals surface area contributed by atoms with Crippen molar-refractivity contribution >= 4 is 29.4 Å². The van der Waals surface area contributed by atoms with Crippen molar-refractivity contribution < 1.29 is 29.3 Å². The molecule has 1 saturated heterocycles. The van der Waals surface area contributed by atoms with Crippen LogP contribution in [0.3, 0.4) is 0 Å². The summed E-state index contributed by atoms with van der Waals surface area (Å²) in [7, 11) is 0. The number of aromatic nitrogens is 1. The first-order valence-corrected chi connectivity index (χ1v) is 10.2. The highest BCUT2D eigenvalue weighted by atomic mass is 16.5. The fourth-order valence-electron chi connectivity index (χ4n) is 4.01. The van der Waals surface area contributed by atoms with Crippen LogP contribution in [0.4, 0.5) is 11.5 Å². The van der Waals surface area contributed by atoms with E-state index in [1.807, 2.05) is 16.0 Å². The van der Waals surface area contributed by atoms with Gasteiger partial charge in [0.15, 0.2) is 0 Å². The number of nitriles is 1. The van der Waals surface area contributed by atoms with Gasteiger partial charge in [0.25, 0.3) is 5.56 Å². The quantitative estimate of drug-likeness (QED) is 0.468. The molecule has 1 aromatic heterocycles. The molecule has 2 heterocycles. The number of carbonyl (C=O) groups excluding carboxylic acids is 1. The standard InChI is InChI=1S/C22H22N4O7/c1-2-33-22(32)11-5-7-26(8-6-11)14-4-3-12(9-13(14)10-23)15-16(20(28)29)18(24)25-19(27)17(15)21(30)31/h3-4,9,11H,2,5-8H2,1H3,(H,28,29)(H,30,31)(H3,24,25,27). The van der Waals surface area contributed by atoms with Crippen LogP contribution in [0.25, 0.3) is 11.1 Å². The summed E-state index contributed by atoms with van der Waals surface area (Å²) in [4.78, 5) is 51.7. The van der Waals surface area contributed by atoms with Gasteiger partial charge in [0.2, 0.25) is 0 Å². The van der Waals surface area contributed by atoms with Crippen molar-refractivity contribution in [2.24, 2.45) is 5.92 Å². The maximum atomic E-state index is 12.2. The number of piperidine rings is 1. The number of pyridine rings is 1. The Morgan fingerprint density at radius 1 is 1.21 bits per heavy atom. The van der Waals surface area contributed by atoms with Crippen LogP contribution in [0.2, 0.25) is 0 Å². The first kappa shape index (κ1) is 23.3. The number of esters is 1. The number of nitrogens with one attached hydrogen (secondary N) is 1. The molecule has 11 nitrogen and oxygen atoms in total. The Bertz CT molecular complexity index is 1220. The Morgan fingerprint density at radius 3 is 2.39 bits per heavy atom. The van der Waals surface area contributed by atoms with Gasteiger partial charge in [-0.2, -0.15) is 5.26 Å². The molecule has 172 valence electrons. The molecule has 0 spiro atoms. The van der Waals surface area contributed by atoms with E-state index in [0.29, 0.717) is 38.2 Å². The largest absolute Gasteiger partial charge is 0.478 e. The number of carbonyl (C=O) groups is 3. The summed E-state index contributed by atoms with van der Waals surface area (Å²) in [5.74, 6) is -4.11. The highest BCUT2D eigenvalue weighted by molar-refractivity contribution is 6.07. The summed E-state index contributed by atoms with van der Waals surface area (Å²) in [6, 6.07) is 6.38. The van der Waals surface area contributed by atoms with Gasteiger partial charge in [0.05, 0.1) is 23.8 Å². The summed E-state index contributed by atoms with van der Waals surface area (Å²) < 4.78 is 5.07. The minimum Gasteiger partial charge on any atom is -0.478 e. The Morgan fingerprint density at radius 2 is 1.85 bits per heavy atom. The average Bonchev–Trinajstić information content (AvgIpc) is 2.77. The van der Waals surface area contributed by atoms with Crippen LogP contribution in [0.5, 0.6) is 0 Å². The molecule has 1 fully saturated rings. The molecule has 1 aromatic carbocycles. The number of carboxylic acid groups (broad SMARTS) is 2. The Hall–Kier alpha value is -4.33. The number of benzene rings is 1. The van der Waals surface area contributed by atoms with Gasteiger partial charge in [-0.05, 0) is 37.5 Å². The molecule has 0 radical (unpaired) electrons. The molecule has 0 bridgehead atoms. The van der Waals surface area contributed by atoms with Crippen molar-refractivity contribution in [2.75, 3.05) is 30.3 Å². The van der Waals surface area contributed by atoms with Crippen LogP contribution >= 0.6 is 0 Å². The van der Waals surface area contributed by atoms with Gasteiger partial charge < -0.3 is 30.6 Å². The fraction of sp³-hybridized carbons (Fsp3) is 0.318. The van der Waals surface area contributed by atoms with E-state index in [-0.39, 0.29) is 28.6 Å². The van der Waals surface area contributed by atoms with Crippen molar-refractivity contribution in [1.82, 2.24) is 4.98 Å². The van der Waals surface area contributed by atoms with E-state index in [2.05, 4.69) is 0 Å². The number of hydrogen-bond donors (Lipinski definition) is 4. The molecule has 11 heteroatoms. The van der Waals surface area contributed by atoms with E-state index in [9.17, 15) is 34.7 Å². The van der Waals surface area contributed by atoms with Gasteiger partial charge in [-0.15, -0.1) is 0 Å². The number of carboxylic acids is 2. The Balaban J connectivity index is 2.04. The molecule has 1 aliphatic heterocycles. The monoisotopic (exact) mass is 454 g/mol. The van der Waals surface area contributed by atoms with Crippen LogP contribution in [0.15, 0.2) is 23.0 Å². The second kappa shape index (κ2) is 9.44. The van der Waals surface area contributed by atoms with Crippen molar-refractivity contribution in [2.45, 2.75) is 19.8 Å². The lowest BCUT2D eigenvalue weighted by Crippen LogP contribution is -2.37. The number of aromatic carboxylic acids is 2. The topological polar surface area (TPSA) is 187 Å². The van der Waals surface area contributed by atoms with Gasteiger partial charge in [0, 0.05) is 18.7 Å². The zero-order valence-corrected chi connectivity index (χ0v) is 17.8. The summed E-state index contributed by atoms with van der Waals surface area (Å²) in [6.07, 6.45) is 1.09. The number of hydrogen-bond acceptors (Lipinski definition) is 8. The van der Waals surface area contributed by atoms with Crippen molar-refractivity contribution in [3.63, 3.8) is 0 Å². The van der Waals surface area contributed by atoms with Gasteiger partial charge in [-0.3, -0.25) is 9.59 Å². The first-order chi connectivity index (χ1) is 15.7. The van der Waals surface area contributed by atoms with E-state index in [4.69, 9.17) is 10.5 Å². The SMILES string of the molecule is CCOC(=O)C1CCN(c2ccc(-c3c(C(=O)O)c(N)[nH]c(=O)c3C(=O)O)cc2C#N)CC1. The van der Waals surface area contributed by atoms with E-state index in [1.54, 1.807) is 13.0 Å². The number of rotatable bonds is 6. The molecule has 0 amide bonds. The second-order valence-electron chi connectivity index (χ2n) is 7.46. The molecule has 0 atom stereocenters. The summed E-state index contributed by atoms with van der Waals surface area (Å²) >= 11 is 0. The Labute approximate surface area is 188 Å². The predicted octanol–water partition coefficient (Wildman–Crippen LogP) is 1.67. The van der Waals surface area contributed by atoms with E-state index in [0.717, 1.165) is 0 Å². The van der Waals surface area contributed by atoms with Crippen LogP contribution in [0, 0.1) is 17.2 Å². The normalized spacial score (nSPS) is 13.9. The summed E-state index contributed by atoms with van der Waals surface area (Å²) in [5.41, 5.74) is 3.66. The number of H-pyrrole nitrogens is 1. The smallest absolute Gasteiger partial charge is 0.342 e. The zero-order valence-electron chi connectivity index (χ0n) is 17.8. The molecular weight excluding hydrogens is 432 g/mol. The molecule has 2 aromatic rings. The average molecular weight is 454 g/mol. The molecule has 1 aliphatic rings. The fourth-order valence-corrected chi connectivity index (χ4v) is 4.01. The number of aromatic amines is 1. The Kier molecular flexibility index (Phi) is 6.67. The van der Waals surface area contributed by atoms with Crippen LogP contribution in [-0.4, -0.2) is 52.8 Å². The maximum Gasteiger partial charge on any atom is 0.342 e. The molecule has 3 rings (SSSR count). The second-order valence-corrected chi connectivity index (χ2v) is 7.46. The summed E-state index contributed by atoms with van der Waals surface area (Å²) in [5, 5.41) is 28.8. The zero-order chi connectivity index (χ0) is 24.3. The summed E-state index contributed by atoms with van der Waals surface area (Å²) in [6.45, 7) is 3.04. The molecule has 0 unspecified atom stereocenters. The molecule has 33 heavy (non-hydrogen) atoms. The highest BCUT2D eigenvalue weighted by Gasteiger charge is 2.29. The van der Waals surface area contributed by atoms with Crippen molar-refractivity contribution in [3.8, 4) is 17.2 Å². The number of nitrogens with two attached hydrogens (primary N) is 1. The van der Waals surface area contributed by atoms with E-state index in [1.165, 1.54) is 12.1 Å². The minimum atomic E-state index is -1.63. The van der Waals surface area contributed by atoms with Crippen LogP contribution < -0.4 is 16.2 Å². The highest BCUT2D eigenvalue weighted by Crippen LogP contribution is 2.34. The third kappa shape index (κ3) is 4.50. The molecule has 5 N–H and O–H groups in total. The van der Waals surface area contributed by atoms with Crippen LogP contribution in [0.1, 0.15) is 46.0 Å². The first-order valence-electron chi connectivity index (χ1n) is 10.2. The number of anilines is 2. The van der Waals surface area contributed by atoms with Crippen molar-refractivity contribution in [3.05, 3.63) is 45.2 Å². The van der Waals surface area contributed by atoms with Crippen LogP contribution in [-0.2, 0) is 9.53 Å². The van der Waals surface area contributed by atoms with E-state index >= 15 is 0 Å². The molecule has 0 aliphatic carbocycles. The van der Waals surface area contributed by atoms with Gasteiger partial charge in [-0.1, -0.05) is 6.07 Å². The van der Waals surface area contributed by atoms with Gasteiger partial charge >= 0.3 is 17.9 Å². The number of ether oxygens (including phenoxy) is 1. The van der Waals surface area contributed by atoms with Crippen molar-refractivity contribution in [1.29, 1.82) is 5.26 Å². The van der Waals surface area contributed by atoms with Gasteiger partial charge in [0.1, 0.15) is 23.0 Å². The molecule has 0 saturated carbocycles. The maximum absolute atomic E-state index is 12.2. The third-order valence-electron chi connectivity index (χ3n) is 5.53. The predicted molar refractivity (Wildman–Crippen MR) is 117 cm³/mol. The minimum absolute atomic E-state index is 0.0595. The molecular formula is C22H22N4O7. The lowest BCUT2D eigenvalue weighted by molar-refractivity contribution is -0.148. The lowest BCUT2D eigenvalue weighted by Gasteiger charge is -2.33. The third-order valence-corrected chi connectivity index (χ3v) is 5.53. The number of nitrogen functional groups attached to an aromatic ring is 1.